The van der Waals surface area contributed by atoms with Crippen molar-refractivity contribution in [2.45, 2.75) is 57.5 Å². The van der Waals surface area contributed by atoms with Gasteiger partial charge in [0.15, 0.2) is 5.56 Å². The molecule has 138 valence electrons. The van der Waals surface area contributed by atoms with E-state index in [-0.39, 0.29) is 0 Å². The fourth-order valence-electron chi connectivity index (χ4n) is 3.31. The number of ether oxygens (including phenoxy) is 2. The number of fused-ring (bicyclic) bond motifs is 1. The van der Waals surface area contributed by atoms with Gasteiger partial charge in [0, 0.05) is 5.39 Å². The van der Waals surface area contributed by atoms with Crippen molar-refractivity contribution in [3.8, 4) is 11.8 Å². The number of benzene rings is 2. The van der Waals surface area contributed by atoms with E-state index in [9.17, 15) is 0 Å². The molecule has 1 fully saturated rings. The largest absolute Gasteiger partial charge is 0.492 e. The van der Waals surface area contributed by atoms with Gasteiger partial charge in [-0.15, -0.1) is 0 Å². The van der Waals surface area contributed by atoms with Crippen LogP contribution in [0.4, 0.5) is 0 Å². The molecule has 0 aromatic heterocycles. The first-order valence-electron chi connectivity index (χ1n) is 9.75. The van der Waals surface area contributed by atoms with E-state index >= 15 is 0 Å². The molecular formula is C22H28NO3+. The van der Waals surface area contributed by atoms with Crippen LogP contribution in [0.1, 0.15) is 56.9 Å². The van der Waals surface area contributed by atoms with E-state index in [0.29, 0.717) is 18.3 Å². The molecule has 3 rings (SSSR count). The van der Waals surface area contributed by atoms with E-state index < -0.39 is 0 Å². The first kappa shape index (κ1) is 18.5. The summed E-state index contributed by atoms with van der Waals surface area (Å²) in [6.45, 7) is 1.66. The summed E-state index contributed by atoms with van der Waals surface area (Å²) >= 11 is 0. The minimum atomic E-state index is 0.584. The van der Waals surface area contributed by atoms with Crippen molar-refractivity contribution in [1.82, 2.24) is 0 Å². The number of hydrogen-bond acceptors (Lipinski definition) is 3. The van der Waals surface area contributed by atoms with Crippen molar-refractivity contribution >= 4 is 10.8 Å². The second-order valence-electron chi connectivity index (χ2n) is 6.94. The molecule has 1 aliphatic rings. The highest BCUT2D eigenvalue weighted by Gasteiger charge is 2.20. The van der Waals surface area contributed by atoms with Crippen molar-refractivity contribution in [3.05, 3.63) is 47.0 Å². The van der Waals surface area contributed by atoms with Crippen LogP contribution in [0.25, 0.3) is 15.8 Å². The van der Waals surface area contributed by atoms with Crippen molar-refractivity contribution in [2.24, 2.45) is 0 Å². The molecule has 1 N–H and O–H groups in total. The van der Waals surface area contributed by atoms with E-state index in [1.165, 1.54) is 44.9 Å². The van der Waals surface area contributed by atoms with Crippen molar-refractivity contribution in [1.29, 1.82) is 0 Å². The van der Waals surface area contributed by atoms with Gasteiger partial charge in [-0.05, 0) is 24.3 Å². The average Bonchev–Trinajstić information content (AvgIpc) is 3.49. The number of rotatable bonds is 11. The summed E-state index contributed by atoms with van der Waals surface area (Å²) in [6.07, 6.45) is 10.6. The molecule has 0 bridgehead atoms. The number of epoxide rings is 1. The minimum absolute atomic E-state index is 0.584. The Kier molecular flexibility index (Phi) is 7.15. The zero-order valence-corrected chi connectivity index (χ0v) is 15.3. The maximum Gasteiger partial charge on any atom is 0.392 e. The molecular weight excluding hydrogens is 326 g/mol. The Morgan fingerprint density at radius 2 is 1.73 bits per heavy atom. The standard InChI is InChI=1S/C22H27NO3/c24-23-16-21-20-12-8-7-10-18(20)13-14-22(21)25-15-9-5-3-1-2-4-6-11-19-17-26-19/h7-8,10,12-14,19H,1-6,9,11,15,17H2/p+1. The molecule has 2 aromatic carbocycles. The maximum atomic E-state index is 8.92. The van der Waals surface area contributed by atoms with E-state index in [4.69, 9.17) is 14.7 Å². The Balaban J connectivity index is 1.36. The van der Waals surface area contributed by atoms with Crippen molar-refractivity contribution < 1.29 is 14.7 Å². The van der Waals surface area contributed by atoms with Crippen LogP contribution < -0.4 is 4.74 Å². The lowest BCUT2D eigenvalue weighted by atomic mass is 10.0. The van der Waals surface area contributed by atoms with Gasteiger partial charge in [-0.3, -0.25) is 0 Å². The predicted octanol–water partition coefficient (Wildman–Crippen LogP) is 5.81. The van der Waals surface area contributed by atoms with Gasteiger partial charge in [-0.25, -0.2) is 0 Å². The van der Waals surface area contributed by atoms with Gasteiger partial charge in [0.1, 0.15) is 5.75 Å². The fraction of sp³-hybridized carbons (Fsp3) is 0.500. The van der Waals surface area contributed by atoms with Crippen LogP contribution in [0.5, 0.6) is 5.75 Å². The van der Waals surface area contributed by atoms with Crippen LogP contribution in [0.2, 0.25) is 0 Å². The summed E-state index contributed by atoms with van der Waals surface area (Å²) in [6, 6.07) is 14.6. The highest BCUT2D eigenvalue weighted by atomic mass is 16.6. The summed E-state index contributed by atoms with van der Waals surface area (Å²) in [5.74, 6) is 0.726. The molecule has 1 heterocycles. The summed E-state index contributed by atoms with van der Waals surface area (Å²) < 4.78 is 11.2. The maximum absolute atomic E-state index is 8.92. The summed E-state index contributed by atoms with van der Waals surface area (Å²) in [5, 5.41) is 14.1. The number of unbranched alkanes of at least 4 members (excludes halogenated alkanes) is 6. The minimum Gasteiger partial charge on any atom is -0.492 e. The molecule has 0 radical (unpaired) electrons. The Morgan fingerprint density at radius 1 is 1.00 bits per heavy atom. The van der Waals surface area contributed by atoms with Crippen LogP contribution in [-0.4, -0.2) is 24.5 Å². The van der Waals surface area contributed by atoms with Gasteiger partial charge in [0.2, 0.25) is 5.01 Å². The highest BCUT2D eigenvalue weighted by Crippen LogP contribution is 2.27. The van der Waals surface area contributed by atoms with Crippen LogP contribution in [0.3, 0.4) is 0 Å². The van der Waals surface area contributed by atoms with Gasteiger partial charge in [-0.2, -0.15) is 5.21 Å². The van der Waals surface area contributed by atoms with Gasteiger partial charge < -0.3 is 9.47 Å². The van der Waals surface area contributed by atoms with E-state index in [1.54, 1.807) is 0 Å². The zero-order chi connectivity index (χ0) is 18.0. The van der Waals surface area contributed by atoms with Gasteiger partial charge in [0.05, 0.1) is 19.3 Å². The summed E-state index contributed by atoms with van der Waals surface area (Å²) in [4.78, 5) is 0. The fourth-order valence-corrected chi connectivity index (χ4v) is 3.31. The Labute approximate surface area is 155 Å². The second-order valence-corrected chi connectivity index (χ2v) is 6.94. The van der Waals surface area contributed by atoms with Crippen molar-refractivity contribution in [2.75, 3.05) is 13.2 Å². The topological polar surface area (TPSA) is 46.4 Å². The van der Waals surface area contributed by atoms with E-state index in [2.05, 4.69) is 11.1 Å². The third-order valence-electron chi connectivity index (χ3n) is 4.88. The van der Waals surface area contributed by atoms with E-state index in [0.717, 1.165) is 29.5 Å². The van der Waals surface area contributed by atoms with Gasteiger partial charge in [-0.1, -0.05) is 68.9 Å². The third-order valence-corrected chi connectivity index (χ3v) is 4.88. The van der Waals surface area contributed by atoms with E-state index in [1.807, 2.05) is 36.4 Å². The first-order chi connectivity index (χ1) is 12.9. The Bertz CT molecular complexity index is 759. The Hall–Kier alpha value is -2.25. The SMILES string of the molecule is O[N+]#Cc1c(OCCCCCCCCCC2CO2)ccc2ccccc12. The predicted molar refractivity (Wildman–Crippen MR) is 104 cm³/mol. The second kappa shape index (κ2) is 10.0. The lowest BCUT2D eigenvalue weighted by Crippen LogP contribution is -1.99. The van der Waals surface area contributed by atoms with Gasteiger partial charge in [0.25, 0.3) is 0 Å². The normalized spacial score (nSPS) is 15.5. The lowest BCUT2D eigenvalue weighted by Gasteiger charge is -2.09. The molecule has 4 heteroatoms. The number of hydrogen-bond donors (Lipinski definition) is 1. The molecule has 1 aliphatic heterocycles. The summed E-state index contributed by atoms with van der Waals surface area (Å²) in [7, 11) is 0. The quantitative estimate of drug-likeness (QED) is 0.315. The smallest absolute Gasteiger partial charge is 0.392 e. The number of nitrogens with zero attached hydrogens (tertiary/aromatic N) is 1. The third kappa shape index (κ3) is 5.64. The van der Waals surface area contributed by atoms with Crippen LogP contribution >= 0.6 is 0 Å². The molecule has 0 saturated carbocycles. The molecule has 1 atom stereocenters. The van der Waals surface area contributed by atoms with Crippen LogP contribution in [0.15, 0.2) is 36.4 Å². The van der Waals surface area contributed by atoms with Crippen LogP contribution in [-0.2, 0) is 4.74 Å². The van der Waals surface area contributed by atoms with Crippen LogP contribution in [0, 0.1) is 6.07 Å². The highest BCUT2D eigenvalue weighted by molar-refractivity contribution is 5.90. The molecule has 26 heavy (non-hydrogen) atoms. The molecule has 1 unspecified atom stereocenters. The molecule has 4 nitrogen and oxygen atoms in total. The summed E-state index contributed by atoms with van der Waals surface area (Å²) in [5.41, 5.74) is 0.713. The molecule has 1 saturated heterocycles. The molecule has 0 spiro atoms. The monoisotopic (exact) mass is 354 g/mol. The lowest BCUT2D eigenvalue weighted by molar-refractivity contribution is 0.303. The van der Waals surface area contributed by atoms with Crippen molar-refractivity contribution in [3.63, 3.8) is 0 Å². The molecule has 0 aliphatic carbocycles. The first-order valence-corrected chi connectivity index (χ1v) is 9.75. The van der Waals surface area contributed by atoms with Gasteiger partial charge >= 0.3 is 6.07 Å². The molecule has 2 aromatic rings. The average molecular weight is 354 g/mol. The zero-order valence-electron chi connectivity index (χ0n) is 15.3. The molecule has 0 amide bonds. The Morgan fingerprint density at radius 3 is 2.50 bits per heavy atom.